The Morgan fingerprint density at radius 1 is 0.929 bits per heavy atom. The molecule has 0 aliphatic carbocycles. The van der Waals surface area contributed by atoms with E-state index >= 15 is 0 Å². The van der Waals surface area contributed by atoms with Crippen LogP contribution >= 0.6 is 46.4 Å². The molecule has 0 spiro atoms. The van der Waals surface area contributed by atoms with E-state index in [-0.39, 0.29) is 12.6 Å². The van der Waals surface area contributed by atoms with E-state index in [9.17, 15) is 4.79 Å². The third-order valence-electron chi connectivity index (χ3n) is 4.60. The van der Waals surface area contributed by atoms with Crippen LogP contribution in [0.3, 0.4) is 0 Å². The van der Waals surface area contributed by atoms with Gasteiger partial charge in [0.25, 0.3) is 0 Å². The summed E-state index contributed by atoms with van der Waals surface area (Å²) in [6.07, 6.45) is -0.464. The molecular weight excluding hydrogens is 442 g/mol. The minimum absolute atomic E-state index is 0.0813. The Labute approximate surface area is 184 Å². The maximum atomic E-state index is 12.2. The molecule has 1 aliphatic rings. The predicted molar refractivity (Wildman–Crippen MR) is 115 cm³/mol. The number of halogens is 4. The van der Waals surface area contributed by atoms with Crippen LogP contribution in [0.1, 0.15) is 17.2 Å². The van der Waals surface area contributed by atoms with E-state index < -0.39 is 9.89 Å². The summed E-state index contributed by atoms with van der Waals surface area (Å²) >= 11 is 23.0. The molecule has 28 heavy (non-hydrogen) atoms. The van der Waals surface area contributed by atoms with Crippen LogP contribution in [-0.4, -0.2) is 52.5 Å². The average molecular weight is 462 g/mol. The molecule has 0 saturated carbocycles. The summed E-state index contributed by atoms with van der Waals surface area (Å²) < 4.78 is 3.48. The highest BCUT2D eigenvalue weighted by molar-refractivity contribution is 6.67. The molecule has 2 aromatic rings. The van der Waals surface area contributed by atoms with E-state index in [4.69, 9.17) is 51.1 Å². The smallest absolute Gasteiger partial charge is 0.409 e. The van der Waals surface area contributed by atoms with Gasteiger partial charge < -0.3 is 9.64 Å². The van der Waals surface area contributed by atoms with Gasteiger partial charge in [0.2, 0.25) is 3.79 Å². The summed E-state index contributed by atoms with van der Waals surface area (Å²) in [5.74, 6) is 0. The van der Waals surface area contributed by atoms with Crippen molar-refractivity contribution in [2.75, 3.05) is 32.8 Å². The molecule has 0 aromatic heterocycles. The first-order valence-corrected chi connectivity index (χ1v) is 10.4. The molecular formula is C20H20Cl4N2O2. The van der Waals surface area contributed by atoms with Crippen LogP contribution in [0.2, 0.25) is 5.02 Å². The van der Waals surface area contributed by atoms with Crippen LogP contribution < -0.4 is 0 Å². The van der Waals surface area contributed by atoms with Gasteiger partial charge in [0.15, 0.2) is 0 Å². The minimum atomic E-state index is -1.61. The van der Waals surface area contributed by atoms with E-state index in [0.717, 1.165) is 5.56 Å². The van der Waals surface area contributed by atoms with Gasteiger partial charge in [0.05, 0.1) is 6.04 Å². The van der Waals surface area contributed by atoms with Gasteiger partial charge in [-0.15, -0.1) is 0 Å². The van der Waals surface area contributed by atoms with E-state index in [1.165, 1.54) is 5.56 Å². The summed E-state index contributed by atoms with van der Waals surface area (Å²) in [5, 5.41) is 0.706. The van der Waals surface area contributed by atoms with Crippen molar-refractivity contribution in [3.05, 3.63) is 70.7 Å². The summed E-state index contributed by atoms with van der Waals surface area (Å²) in [7, 11) is 0. The Morgan fingerprint density at radius 2 is 1.50 bits per heavy atom. The Hall–Kier alpha value is -1.17. The number of carbonyl (C=O) groups is 1. The molecule has 2 aromatic carbocycles. The zero-order valence-corrected chi connectivity index (χ0v) is 18.1. The van der Waals surface area contributed by atoms with Crippen molar-refractivity contribution in [2.45, 2.75) is 9.83 Å². The Balaban J connectivity index is 1.70. The highest BCUT2D eigenvalue weighted by atomic mass is 35.6. The van der Waals surface area contributed by atoms with Crippen molar-refractivity contribution in [3.63, 3.8) is 0 Å². The van der Waals surface area contributed by atoms with E-state index in [1.807, 2.05) is 42.5 Å². The first-order chi connectivity index (χ1) is 13.3. The Morgan fingerprint density at radius 3 is 2.07 bits per heavy atom. The molecule has 0 radical (unpaired) electrons. The molecule has 1 unspecified atom stereocenters. The summed E-state index contributed by atoms with van der Waals surface area (Å²) in [6, 6.07) is 18.3. The molecule has 1 amide bonds. The van der Waals surface area contributed by atoms with Gasteiger partial charge in [-0.3, -0.25) is 4.90 Å². The van der Waals surface area contributed by atoms with Gasteiger partial charge in [0.1, 0.15) is 6.61 Å². The molecule has 1 saturated heterocycles. The lowest BCUT2D eigenvalue weighted by Gasteiger charge is -2.39. The maximum absolute atomic E-state index is 12.2. The summed E-state index contributed by atoms with van der Waals surface area (Å²) in [5.41, 5.74) is 2.35. The lowest BCUT2D eigenvalue weighted by atomic mass is 9.96. The monoisotopic (exact) mass is 460 g/mol. The van der Waals surface area contributed by atoms with E-state index in [1.54, 1.807) is 4.90 Å². The van der Waals surface area contributed by atoms with Gasteiger partial charge in [-0.05, 0) is 23.3 Å². The van der Waals surface area contributed by atoms with Crippen molar-refractivity contribution in [1.29, 1.82) is 0 Å². The average Bonchev–Trinajstić information content (AvgIpc) is 2.69. The normalized spacial score (nSPS) is 16.6. The second-order valence-corrected chi connectivity index (χ2v) is 9.51. The van der Waals surface area contributed by atoms with Gasteiger partial charge in [0, 0.05) is 31.2 Å². The molecule has 3 rings (SSSR count). The van der Waals surface area contributed by atoms with E-state index in [2.05, 4.69) is 17.0 Å². The van der Waals surface area contributed by atoms with Crippen molar-refractivity contribution in [1.82, 2.24) is 9.80 Å². The number of carbonyl (C=O) groups excluding carboxylic acids is 1. The molecule has 1 aliphatic heterocycles. The number of amides is 1. The number of nitrogens with zero attached hydrogens (tertiary/aromatic N) is 2. The second-order valence-electron chi connectivity index (χ2n) is 6.56. The number of rotatable bonds is 4. The molecule has 1 atom stereocenters. The number of hydrogen-bond acceptors (Lipinski definition) is 3. The highest BCUT2D eigenvalue weighted by Crippen LogP contribution is 2.31. The summed E-state index contributed by atoms with van der Waals surface area (Å²) in [6.45, 7) is 2.20. The number of benzene rings is 2. The molecule has 1 fully saturated rings. The Bertz CT molecular complexity index is 773. The maximum Gasteiger partial charge on any atom is 0.409 e. The third-order valence-corrected chi connectivity index (χ3v) is 5.18. The van der Waals surface area contributed by atoms with Gasteiger partial charge in [-0.1, -0.05) is 88.9 Å². The largest absolute Gasteiger partial charge is 0.445 e. The molecule has 0 bridgehead atoms. The van der Waals surface area contributed by atoms with Crippen LogP contribution in [0, 0.1) is 0 Å². The van der Waals surface area contributed by atoms with E-state index in [0.29, 0.717) is 31.2 Å². The lowest BCUT2D eigenvalue weighted by molar-refractivity contribution is 0.0696. The summed E-state index contributed by atoms with van der Waals surface area (Å²) in [4.78, 5) is 16.2. The number of hydrogen-bond donors (Lipinski definition) is 0. The fraction of sp³-hybridized carbons (Fsp3) is 0.350. The number of piperazine rings is 1. The van der Waals surface area contributed by atoms with Crippen molar-refractivity contribution in [3.8, 4) is 0 Å². The SMILES string of the molecule is O=C(OCC(Cl)(Cl)Cl)N1CCN(C(c2ccccc2)c2ccc(Cl)cc2)CC1. The quantitative estimate of drug-likeness (QED) is 0.559. The van der Waals surface area contributed by atoms with Crippen LogP contribution in [-0.2, 0) is 4.74 Å². The molecule has 150 valence electrons. The standard InChI is InChI=1S/C20H20Cl4N2O2/c21-17-8-6-16(7-9-17)18(15-4-2-1-3-5-15)25-10-12-26(13-11-25)19(27)28-14-20(22,23)24/h1-9,18H,10-14H2. The first kappa shape index (κ1) is 21.5. The molecule has 1 heterocycles. The van der Waals surface area contributed by atoms with Gasteiger partial charge in [-0.2, -0.15) is 0 Å². The predicted octanol–water partition coefficient (Wildman–Crippen LogP) is 5.55. The number of alkyl halides is 3. The second kappa shape index (κ2) is 9.55. The van der Waals surface area contributed by atoms with Crippen molar-refractivity contribution in [2.24, 2.45) is 0 Å². The Kier molecular flexibility index (Phi) is 7.35. The fourth-order valence-corrected chi connectivity index (χ4v) is 3.58. The topological polar surface area (TPSA) is 32.8 Å². The first-order valence-electron chi connectivity index (χ1n) is 8.86. The molecule has 0 N–H and O–H groups in total. The zero-order valence-electron chi connectivity index (χ0n) is 15.0. The van der Waals surface area contributed by atoms with Gasteiger partial charge in [-0.25, -0.2) is 4.79 Å². The van der Waals surface area contributed by atoms with Crippen molar-refractivity contribution >= 4 is 52.5 Å². The fourth-order valence-electron chi connectivity index (χ4n) is 3.29. The van der Waals surface area contributed by atoms with Crippen LogP contribution in [0.25, 0.3) is 0 Å². The van der Waals surface area contributed by atoms with Crippen LogP contribution in [0.5, 0.6) is 0 Å². The van der Waals surface area contributed by atoms with Crippen LogP contribution in [0.15, 0.2) is 54.6 Å². The lowest BCUT2D eigenvalue weighted by Crippen LogP contribution is -2.50. The zero-order chi connectivity index (χ0) is 20.1. The van der Waals surface area contributed by atoms with Crippen LogP contribution in [0.4, 0.5) is 4.79 Å². The highest BCUT2D eigenvalue weighted by Gasteiger charge is 2.30. The molecule has 4 nitrogen and oxygen atoms in total. The molecule has 8 heteroatoms. The third kappa shape index (κ3) is 5.91. The minimum Gasteiger partial charge on any atom is -0.445 e. The van der Waals surface area contributed by atoms with Gasteiger partial charge >= 0.3 is 6.09 Å². The number of ether oxygens (including phenoxy) is 1. The van der Waals surface area contributed by atoms with Crippen molar-refractivity contribution < 1.29 is 9.53 Å².